The largest absolute Gasteiger partial charge is 0.486 e. The Morgan fingerprint density at radius 1 is 1.12 bits per heavy atom. The Hall–Kier alpha value is -2.07. The Kier molecular flexibility index (Phi) is 3.57. The van der Waals surface area contributed by atoms with Gasteiger partial charge in [-0.15, -0.1) is 0 Å². The van der Waals surface area contributed by atoms with Crippen molar-refractivity contribution in [2.75, 3.05) is 5.43 Å². The standard InChI is InChI=1S/C13H13FN2O/c14-12-8-11(16-15)6-7-13(12)17-9-10-4-2-1-3-5-10/h1-8,16H,9,15H2. The van der Waals surface area contributed by atoms with Crippen LogP contribution in [-0.2, 0) is 6.61 Å². The molecular formula is C13H13FN2O. The van der Waals surface area contributed by atoms with Crippen molar-refractivity contribution < 1.29 is 9.13 Å². The van der Waals surface area contributed by atoms with Gasteiger partial charge in [0.1, 0.15) is 6.61 Å². The smallest absolute Gasteiger partial charge is 0.167 e. The van der Waals surface area contributed by atoms with Crippen LogP contribution in [0.2, 0.25) is 0 Å². The van der Waals surface area contributed by atoms with E-state index in [0.717, 1.165) is 5.56 Å². The minimum atomic E-state index is -0.434. The SMILES string of the molecule is NNc1ccc(OCc2ccccc2)c(F)c1. The van der Waals surface area contributed by atoms with Crippen molar-refractivity contribution in [1.82, 2.24) is 0 Å². The number of nitrogen functional groups attached to an aromatic ring is 1. The van der Waals surface area contributed by atoms with Crippen LogP contribution in [0.4, 0.5) is 10.1 Å². The summed E-state index contributed by atoms with van der Waals surface area (Å²) in [5.41, 5.74) is 3.88. The monoisotopic (exact) mass is 232 g/mol. The normalized spacial score (nSPS) is 10.0. The van der Waals surface area contributed by atoms with Crippen LogP contribution in [0.5, 0.6) is 5.75 Å². The first kappa shape index (κ1) is 11.4. The number of hydrogen-bond donors (Lipinski definition) is 2. The van der Waals surface area contributed by atoms with Crippen LogP contribution < -0.4 is 16.0 Å². The summed E-state index contributed by atoms with van der Waals surface area (Å²) in [7, 11) is 0. The Morgan fingerprint density at radius 2 is 1.88 bits per heavy atom. The Balaban J connectivity index is 2.04. The lowest BCUT2D eigenvalue weighted by atomic mass is 10.2. The van der Waals surface area contributed by atoms with Crippen molar-refractivity contribution in [3.8, 4) is 5.75 Å². The molecular weight excluding hydrogens is 219 g/mol. The van der Waals surface area contributed by atoms with Crippen LogP contribution in [0.1, 0.15) is 5.56 Å². The van der Waals surface area contributed by atoms with Crippen molar-refractivity contribution in [2.24, 2.45) is 5.84 Å². The molecule has 0 heterocycles. The van der Waals surface area contributed by atoms with Gasteiger partial charge in [0, 0.05) is 6.07 Å². The maximum absolute atomic E-state index is 13.5. The molecule has 2 aromatic rings. The van der Waals surface area contributed by atoms with Gasteiger partial charge >= 0.3 is 0 Å². The van der Waals surface area contributed by atoms with E-state index < -0.39 is 5.82 Å². The molecule has 0 atom stereocenters. The van der Waals surface area contributed by atoms with Crippen LogP contribution in [0.15, 0.2) is 48.5 Å². The second-order valence-electron chi connectivity index (χ2n) is 3.56. The highest BCUT2D eigenvalue weighted by molar-refractivity contribution is 5.46. The lowest BCUT2D eigenvalue weighted by Crippen LogP contribution is -2.07. The molecule has 0 aliphatic carbocycles. The topological polar surface area (TPSA) is 47.3 Å². The average molecular weight is 232 g/mol. The van der Waals surface area contributed by atoms with E-state index in [1.807, 2.05) is 30.3 Å². The molecule has 0 aliphatic heterocycles. The van der Waals surface area contributed by atoms with Crippen LogP contribution in [0.3, 0.4) is 0 Å². The molecule has 0 amide bonds. The van der Waals surface area contributed by atoms with Gasteiger partial charge < -0.3 is 10.2 Å². The maximum Gasteiger partial charge on any atom is 0.167 e. The molecule has 0 bridgehead atoms. The fraction of sp³-hybridized carbons (Fsp3) is 0.0769. The summed E-state index contributed by atoms with van der Waals surface area (Å²) in [6.07, 6.45) is 0. The molecule has 2 rings (SSSR count). The fourth-order valence-corrected chi connectivity index (χ4v) is 1.44. The predicted octanol–water partition coefficient (Wildman–Crippen LogP) is 2.69. The summed E-state index contributed by atoms with van der Waals surface area (Å²) in [6, 6.07) is 14.1. The first-order chi connectivity index (χ1) is 8.29. The van der Waals surface area contributed by atoms with Crippen molar-refractivity contribution in [3.05, 3.63) is 59.9 Å². The summed E-state index contributed by atoms with van der Waals surface area (Å²) in [5, 5.41) is 0. The summed E-state index contributed by atoms with van der Waals surface area (Å²) in [6.45, 7) is 0.340. The molecule has 0 fully saturated rings. The highest BCUT2D eigenvalue weighted by atomic mass is 19.1. The van der Waals surface area contributed by atoms with E-state index in [9.17, 15) is 4.39 Å². The summed E-state index contributed by atoms with van der Waals surface area (Å²) >= 11 is 0. The maximum atomic E-state index is 13.5. The van der Waals surface area contributed by atoms with E-state index in [0.29, 0.717) is 12.3 Å². The number of anilines is 1. The lowest BCUT2D eigenvalue weighted by molar-refractivity contribution is 0.290. The minimum absolute atomic E-state index is 0.216. The van der Waals surface area contributed by atoms with Crippen LogP contribution in [0, 0.1) is 5.82 Å². The molecule has 2 aromatic carbocycles. The van der Waals surface area contributed by atoms with E-state index in [1.165, 1.54) is 6.07 Å². The van der Waals surface area contributed by atoms with Crippen molar-refractivity contribution >= 4 is 5.69 Å². The molecule has 3 nitrogen and oxygen atoms in total. The predicted molar refractivity (Wildman–Crippen MR) is 65.0 cm³/mol. The van der Waals surface area contributed by atoms with Gasteiger partial charge in [0.15, 0.2) is 11.6 Å². The third-order valence-corrected chi connectivity index (χ3v) is 2.34. The number of nitrogens with two attached hydrogens (primary N) is 1. The first-order valence-corrected chi connectivity index (χ1v) is 5.22. The number of rotatable bonds is 4. The minimum Gasteiger partial charge on any atom is -0.486 e. The molecule has 4 heteroatoms. The molecule has 0 spiro atoms. The average Bonchev–Trinajstić information content (AvgIpc) is 2.38. The van der Waals surface area contributed by atoms with Crippen LogP contribution in [-0.4, -0.2) is 0 Å². The zero-order valence-electron chi connectivity index (χ0n) is 9.19. The van der Waals surface area contributed by atoms with Gasteiger partial charge in [0.25, 0.3) is 0 Å². The Bertz CT molecular complexity index is 488. The molecule has 0 radical (unpaired) electrons. The Labute approximate surface area is 99.0 Å². The summed E-state index contributed by atoms with van der Waals surface area (Å²) < 4.78 is 18.9. The van der Waals surface area contributed by atoms with Gasteiger partial charge in [-0.05, 0) is 17.7 Å². The van der Waals surface area contributed by atoms with Gasteiger partial charge in [-0.25, -0.2) is 4.39 Å². The molecule has 0 aromatic heterocycles. The van der Waals surface area contributed by atoms with Gasteiger partial charge in [-0.2, -0.15) is 0 Å². The van der Waals surface area contributed by atoms with E-state index in [2.05, 4.69) is 5.43 Å². The van der Waals surface area contributed by atoms with Crippen molar-refractivity contribution in [3.63, 3.8) is 0 Å². The van der Waals surface area contributed by atoms with Gasteiger partial charge in [-0.1, -0.05) is 30.3 Å². The highest BCUT2D eigenvalue weighted by Gasteiger charge is 2.04. The lowest BCUT2D eigenvalue weighted by Gasteiger charge is -2.08. The third-order valence-electron chi connectivity index (χ3n) is 2.34. The Morgan fingerprint density at radius 3 is 2.53 bits per heavy atom. The molecule has 0 unspecified atom stereocenters. The van der Waals surface area contributed by atoms with E-state index in [-0.39, 0.29) is 5.75 Å². The van der Waals surface area contributed by atoms with E-state index in [1.54, 1.807) is 12.1 Å². The van der Waals surface area contributed by atoms with Crippen molar-refractivity contribution in [2.45, 2.75) is 6.61 Å². The second-order valence-corrected chi connectivity index (χ2v) is 3.56. The summed E-state index contributed by atoms with van der Waals surface area (Å²) in [5.74, 6) is 4.96. The zero-order valence-corrected chi connectivity index (χ0v) is 9.19. The van der Waals surface area contributed by atoms with E-state index >= 15 is 0 Å². The molecule has 0 aliphatic rings. The molecule has 17 heavy (non-hydrogen) atoms. The van der Waals surface area contributed by atoms with Gasteiger partial charge in [-0.3, -0.25) is 5.84 Å². The van der Waals surface area contributed by atoms with Gasteiger partial charge in [0.05, 0.1) is 5.69 Å². The summed E-state index contributed by atoms with van der Waals surface area (Å²) in [4.78, 5) is 0. The van der Waals surface area contributed by atoms with Gasteiger partial charge in [0.2, 0.25) is 0 Å². The zero-order chi connectivity index (χ0) is 12.1. The first-order valence-electron chi connectivity index (χ1n) is 5.22. The number of hydrazine groups is 1. The number of benzene rings is 2. The third kappa shape index (κ3) is 2.95. The molecule has 88 valence electrons. The number of halogens is 1. The van der Waals surface area contributed by atoms with E-state index in [4.69, 9.17) is 10.6 Å². The highest BCUT2D eigenvalue weighted by Crippen LogP contribution is 2.21. The number of hydrogen-bond acceptors (Lipinski definition) is 3. The second kappa shape index (κ2) is 5.32. The van der Waals surface area contributed by atoms with Crippen LogP contribution in [0.25, 0.3) is 0 Å². The quantitative estimate of drug-likeness (QED) is 0.629. The number of nitrogens with one attached hydrogen (secondary N) is 1. The number of ether oxygens (including phenoxy) is 1. The molecule has 3 N–H and O–H groups in total. The fourth-order valence-electron chi connectivity index (χ4n) is 1.44. The van der Waals surface area contributed by atoms with Crippen LogP contribution >= 0.6 is 0 Å². The molecule has 0 saturated carbocycles. The molecule has 0 saturated heterocycles. The van der Waals surface area contributed by atoms with Crippen molar-refractivity contribution in [1.29, 1.82) is 0 Å².